The Bertz CT molecular complexity index is 377. The van der Waals surface area contributed by atoms with E-state index in [-0.39, 0.29) is 0 Å². The SMILES string of the molecule is CCOc1cc(OCC)c(C=NO)c(OCC)c1. The van der Waals surface area contributed by atoms with E-state index in [1.165, 1.54) is 6.21 Å². The molecule has 0 heterocycles. The van der Waals surface area contributed by atoms with Gasteiger partial charge in [-0.3, -0.25) is 0 Å². The lowest BCUT2D eigenvalue weighted by molar-refractivity contribution is 0.304. The summed E-state index contributed by atoms with van der Waals surface area (Å²) in [7, 11) is 0. The van der Waals surface area contributed by atoms with Crippen LogP contribution in [-0.2, 0) is 0 Å². The number of rotatable bonds is 7. The summed E-state index contributed by atoms with van der Waals surface area (Å²) < 4.78 is 16.4. The van der Waals surface area contributed by atoms with E-state index in [1.54, 1.807) is 12.1 Å². The molecule has 1 N–H and O–H groups in total. The maximum absolute atomic E-state index is 8.70. The smallest absolute Gasteiger partial charge is 0.135 e. The second kappa shape index (κ2) is 7.42. The molecule has 0 unspecified atom stereocenters. The van der Waals surface area contributed by atoms with Gasteiger partial charge >= 0.3 is 0 Å². The molecule has 1 aromatic rings. The fourth-order valence-electron chi connectivity index (χ4n) is 1.56. The molecule has 0 spiro atoms. The largest absolute Gasteiger partial charge is 0.494 e. The molecule has 1 rings (SSSR count). The molecule has 0 fully saturated rings. The Labute approximate surface area is 107 Å². The second-order valence-electron chi connectivity index (χ2n) is 3.38. The summed E-state index contributed by atoms with van der Waals surface area (Å²) >= 11 is 0. The number of oxime groups is 1. The molecular formula is C13H19NO4. The van der Waals surface area contributed by atoms with E-state index < -0.39 is 0 Å². The first-order valence-electron chi connectivity index (χ1n) is 6.00. The van der Waals surface area contributed by atoms with Crippen molar-refractivity contribution in [1.82, 2.24) is 0 Å². The van der Waals surface area contributed by atoms with Gasteiger partial charge in [0.25, 0.3) is 0 Å². The van der Waals surface area contributed by atoms with E-state index in [0.717, 1.165) is 0 Å². The minimum absolute atomic E-state index is 0.507. The Kier molecular flexibility index (Phi) is 5.84. The first-order chi connectivity index (χ1) is 8.76. The minimum Gasteiger partial charge on any atom is -0.494 e. The average molecular weight is 253 g/mol. The Hall–Kier alpha value is -1.91. The van der Waals surface area contributed by atoms with Crippen molar-refractivity contribution in [3.8, 4) is 17.2 Å². The van der Waals surface area contributed by atoms with Gasteiger partial charge in [0.15, 0.2) is 0 Å². The molecule has 5 heteroatoms. The summed E-state index contributed by atoms with van der Waals surface area (Å²) in [6, 6.07) is 3.51. The molecule has 0 aliphatic carbocycles. The van der Waals surface area contributed by atoms with Crippen molar-refractivity contribution in [2.24, 2.45) is 5.16 Å². The van der Waals surface area contributed by atoms with Crippen LogP contribution in [0.4, 0.5) is 0 Å². The summed E-state index contributed by atoms with van der Waals surface area (Å²) in [5.41, 5.74) is 0.602. The van der Waals surface area contributed by atoms with Crippen LogP contribution in [0.25, 0.3) is 0 Å². The highest BCUT2D eigenvalue weighted by Gasteiger charge is 2.12. The first-order valence-corrected chi connectivity index (χ1v) is 6.00. The van der Waals surface area contributed by atoms with Gasteiger partial charge in [-0.25, -0.2) is 0 Å². The third kappa shape index (κ3) is 3.55. The topological polar surface area (TPSA) is 60.3 Å². The lowest BCUT2D eigenvalue weighted by atomic mass is 10.1. The number of ether oxygens (including phenoxy) is 3. The Morgan fingerprint density at radius 2 is 1.50 bits per heavy atom. The lowest BCUT2D eigenvalue weighted by Crippen LogP contribution is -2.03. The van der Waals surface area contributed by atoms with Crippen molar-refractivity contribution in [3.05, 3.63) is 17.7 Å². The molecule has 0 atom stereocenters. The molecule has 1 aromatic carbocycles. The fourth-order valence-corrected chi connectivity index (χ4v) is 1.56. The van der Waals surface area contributed by atoms with Crippen molar-refractivity contribution < 1.29 is 19.4 Å². The highest BCUT2D eigenvalue weighted by Crippen LogP contribution is 2.33. The molecule has 0 aromatic heterocycles. The van der Waals surface area contributed by atoms with E-state index in [0.29, 0.717) is 42.6 Å². The Morgan fingerprint density at radius 3 is 1.89 bits per heavy atom. The van der Waals surface area contributed by atoms with E-state index in [4.69, 9.17) is 19.4 Å². The van der Waals surface area contributed by atoms with Crippen molar-refractivity contribution in [3.63, 3.8) is 0 Å². The van der Waals surface area contributed by atoms with Crippen LogP contribution in [0.15, 0.2) is 17.3 Å². The highest BCUT2D eigenvalue weighted by atomic mass is 16.5. The highest BCUT2D eigenvalue weighted by molar-refractivity contribution is 5.87. The van der Waals surface area contributed by atoms with Gasteiger partial charge in [-0.15, -0.1) is 0 Å². The summed E-state index contributed by atoms with van der Waals surface area (Å²) in [4.78, 5) is 0. The van der Waals surface area contributed by atoms with Gasteiger partial charge in [-0.2, -0.15) is 0 Å². The van der Waals surface area contributed by atoms with E-state index in [9.17, 15) is 0 Å². The summed E-state index contributed by atoms with van der Waals surface area (Å²) in [6.07, 6.45) is 1.30. The van der Waals surface area contributed by atoms with E-state index >= 15 is 0 Å². The molecule has 100 valence electrons. The van der Waals surface area contributed by atoms with Crippen LogP contribution < -0.4 is 14.2 Å². The maximum atomic E-state index is 8.70. The standard InChI is InChI=1S/C13H19NO4/c1-4-16-10-7-12(17-5-2)11(9-14-15)13(8-10)18-6-3/h7-9,15H,4-6H2,1-3H3. The van der Waals surface area contributed by atoms with Gasteiger partial charge < -0.3 is 19.4 Å². The number of benzene rings is 1. The molecule has 0 aliphatic rings. The molecule has 18 heavy (non-hydrogen) atoms. The van der Waals surface area contributed by atoms with Gasteiger partial charge in [-0.05, 0) is 20.8 Å². The fraction of sp³-hybridized carbons (Fsp3) is 0.462. The normalized spacial score (nSPS) is 10.6. The second-order valence-corrected chi connectivity index (χ2v) is 3.38. The van der Waals surface area contributed by atoms with Crippen LogP contribution in [-0.4, -0.2) is 31.2 Å². The number of nitrogens with zero attached hydrogens (tertiary/aromatic N) is 1. The zero-order valence-electron chi connectivity index (χ0n) is 11.0. The Balaban J connectivity index is 3.24. The molecule has 5 nitrogen and oxygen atoms in total. The van der Waals surface area contributed by atoms with E-state index in [2.05, 4.69) is 5.16 Å². The summed E-state index contributed by atoms with van der Waals surface area (Å²) in [5, 5.41) is 11.7. The zero-order valence-corrected chi connectivity index (χ0v) is 11.0. The molecule has 0 aliphatic heterocycles. The van der Waals surface area contributed by atoms with Crippen LogP contribution in [0.3, 0.4) is 0 Å². The number of hydrogen-bond acceptors (Lipinski definition) is 5. The molecular weight excluding hydrogens is 234 g/mol. The van der Waals surface area contributed by atoms with E-state index in [1.807, 2.05) is 20.8 Å². The molecule has 0 amide bonds. The van der Waals surface area contributed by atoms with Gasteiger partial charge in [-0.1, -0.05) is 5.16 Å². The van der Waals surface area contributed by atoms with Gasteiger partial charge in [0.05, 0.1) is 31.6 Å². The maximum Gasteiger partial charge on any atom is 0.135 e. The van der Waals surface area contributed by atoms with Crippen molar-refractivity contribution in [2.75, 3.05) is 19.8 Å². The summed E-state index contributed by atoms with van der Waals surface area (Å²) in [6.45, 7) is 7.25. The monoisotopic (exact) mass is 253 g/mol. The van der Waals surface area contributed by atoms with Crippen LogP contribution in [0.5, 0.6) is 17.2 Å². The molecule has 0 saturated carbocycles. The van der Waals surface area contributed by atoms with Gasteiger partial charge in [0, 0.05) is 12.1 Å². The number of hydrogen-bond donors (Lipinski definition) is 1. The summed E-state index contributed by atoms with van der Waals surface area (Å²) in [5.74, 6) is 1.81. The van der Waals surface area contributed by atoms with Crippen molar-refractivity contribution in [1.29, 1.82) is 0 Å². The predicted molar refractivity (Wildman–Crippen MR) is 69.3 cm³/mol. The third-order valence-corrected chi connectivity index (χ3v) is 2.18. The van der Waals surface area contributed by atoms with Crippen LogP contribution in [0, 0.1) is 0 Å². The quantitative estimate of drug-likeness (QED) is 0.461. The van der Waals surface area contributed by atoms with Crippen LogP contribution in [0.2, 0.25) is 0 Å². The molecule has 0 saturated heterocycles. The van der Waals surface area contributed by atoms with Gasteiger partial charge in [0.2, 0.25) is 0 Å². The van der Waals surface area contributed by atoms with Crippen molar-refractivity contribution >= 4 is 6.21 Å². The van der Waals surface area contributed by atoms with Gasteiger partial charge in [0.1, 0.15) is 17.2 Å². The lowest BCUT2D eigenvalue weighted by Gasteiger charge is -2.14. The average Bonchev–Trinajstić information content (AvgIpc) is 2.34. The third-order valence-electron chi connectivity index (χ3n) is 2.18. The Morgan fingerprint density at radius 1 is 1.00 bits per heavy atom. The zero-order chi connectivity index (χ0) is 13.4. The molecule has 0 radical (unpaired) electrons. The van der Waals surface area contributed by atoms with Crippen molar-refractivity contribution in [2.45, 2.75) is 20.8 Å². The van der Waals surface area contributed by atoms with Crippen LogP contribution >= 0.6 is 0 Å². The predicted octanol–water partition coefficient (Wildman–Crippen LogP) is 2.69. The first kappa shape index (κ1) is 14.2. The van der Waals surface area contributed by atoms with Crippen LogP contribution in [0.1, 0.15) is 26.3 Å². The molecule has 0 bridgehead atoms. The minimum atomic E-state index is 0.507.